The number of anilines is 1. The Bertz CT molecular complexity index is 704. The van der Waals surface area contributed by atoms with E-state index in [1.807, 2.05) is 60.7 Å². The number of amides is 2. The molecule has 3 N–H and O–H groups in total. The molecular formula is C20H24ClN3O2. The van der Waals surface area contributed by atoms with E-state index in [4.69, 9.17) is 0 Å². The highest BCUT2D eigenvalue weighted by Gasteiger charge is 2.27. The van der Waals surface area contributed by atoms with Gasteiger partial charge in [-0.2, -0.15) is 0 Å². The number of carbonyl (C=O) groups excluding carboxylic acids is 2. The normalized spacial score (nSPS) is 17.0. The van der Waals surface area contributed by atoms with Crippen LogP contribution in [0.4, 0.5) is 5.69 Å². The first-order valence-corrected chi connectivity index (χ1v) is 8.63. The molecule has 0 radical (unpaired) electrons. The highest BCUT2D eigenvalue weighted by molar-refractivity contribution is 5.97. The molecule has 2 unspecified atom stereocenters. The summed E-state index contributed by atoms with van der Waals surface area (Å²) in [7, 11) is 0. The van der Waals surface area contributed by atoms with Crippen LogP contribution in [0.3, 0.4) is 0 Å². The molecule has 2 amide bonds. The average Bonchev–Trinajstić information content (AvgIpc) is 3.18. The van der Waals surface area contributed by atoms with Crippen molar-refractivity contribution in [2.24, 2.45) is 5.92 Å². The Hall–Kier alpha value is -2.37. The Morgan fingerprint density at radius 3 is 2.31 bits per heavy atom. The van der Waals surface area contributed by atoms with Gasteiger partial charge >= 0.3 is 0 Å². The molecule has 0 saturated carbocycles. The molecule has 1 heterocycles. The highest BCUT2D eigenvalue weighted by atomic mass is 35.5. The maximum atomic E-state index is 12.7. The van der Waals surface area contributed by atoms with Gasteiger partial charge in [0.1, 0.15) is 6.04 Å². The number of nitrogens with one attached hydrogen (secondary N) is 3. The predicted molar refractivity (Wildman–Crippen MR) is 105 cm³/mol. The lowest BCUT2D eigenvalue weighted by Gasteiger charge is -2.20. The lowest BCUT2D eigenvalue weighted by molar-refractivity contribution is -0.128. The summed E-state index contributed by atoms with van der Waals surface area (Å²) in [5, 5.41) is 9.01. The second-order valence-corrected chi connectivity index (χ2v) is 6.30. The summed E-state index contributed by atoms with van der Waals surface area (Å²) in [5.74, 6) is -0.327. The number of rotatable bonds is 6. The van der Waals surface area contributed by atoms with E-state index >= 15 is 0 Å². The third-order valence-corrected chi connectivity index (χ3v) is 4.39. The standard InChI is InChI=1S/C20H23N3O2.ClH/c24-19(16-11-12-21-14-16)23-18(13-15-7-3-1-4-8-15)20(25)22-17-9-5-2-6-10-17;/h1-10,16,18,21H,11-14H2,(H,22,25)(H,23,24);1H. The first kappa shape index (κ1) is 19.9. The Kier molecular flexibility index (Phi) is 7.63. The van der Waals surface area contributed by atoms with E-state index in [0.29, 0.717) is 13.0 Å². The second-order valence-electron chi connectivity index (χ2n) is 6.30. The SMILES string of the molecule is Cl.O=C(NC(Cc1ccccc1)C(=O)Nc1ccccc1)C1CCNC1. The molecule has 138 valence electrons. The topological polar surface area (TPSA) is 70.2 Å². The van der Waals surface area contributed by atoms with Crippen molar-refractivity contribution in [1.29, 1.82) is 0 Å². The summed E-state index contributed by atoms with van der Waals surface area (Å²) in [5.41, 5.74) is 1.74. The van der Waals surface area contributed by atoms with E-state index < -0.39 is 6.04 Å². The van der Waals surface area contributed by atoms with Crippen molar-refractivity contribution in [3.63, 3.8) is 0 Å². The van der Waals surface area contributed by atoms with E-state index in [1.54, 1.807) is 0 Å². The highest BCUT2D eigenvalue weighted by Crippen LogP contribution is 2.12. The van der Waals surface area contributed by atoms with Crippen LogP contribution in [0.1, 0.15) is 12.0 Å². The van der Waals surface area contributed by atoms with E-state index in [2.05, 4.69) is 16.0 Å². The minimum Gasteiger partial charge on any atom is -0.344 e. The quantitative estimate of drug-likeness (QED) is 0.728. The molecule has 0 spiro atoms. The monoisotopic (exact) mass is 373 g/mol. The number of hydrogen-bond donors (Lipinski definition) is 3. The Balaban J connectivity index is 0.00000243. The smallest absolute Gasteiger partial charge is 0.247 e. The van der Waals surface area contributed by atoms with Crippen LogP contribution in [-0.4, -0.2) is 30.9 Å². The van der Waals surface area contributed by atoms with Gasteiger partial charge in [0.15, 0.2) is 0 Å². The van der Waals surface area contributed by atoms with Crippen molar-refractivity contribution in [2.45, 2.75) is 18.9 Å². The number of benzene rings is 2. The van der Waals surface area contributed by atoms with Crippen LogP contribution in [0.25, 0.3) is 0 Å². The van der Waals surface area contributed by atoms with Gasteiger partial charge in [-0.3, -0.25) is 9.59 Å². The molecule has 2 atom stereocenters. The van der Waals surface area contributed by atoms with Crippen molar-refractivity contribution in [1.82, 2.24) is 10.6 Å². The van der Waals surface area contributed by atoms with Crippen LogP contribution < -0.4 is 16.0 Å². The predicted octanol–water partition coefficient (Wildman–Crippen LogP) is 2.38. The first-order chi connectivity index (χ1) is 12.2. The summed E-state index contributed by atoms with van der Waals surface area (Å²) < 4.78 is 0. The van der Waals surface area contributed by atoms with Gasteiger partial charge in [0, 0.05) is 18.7 Å². The average molecular weight is 374 g/mol. The van der Waals surface area contributed by atoms with Crippen LogP contribution in [0.5, 0.6) is 0 Å². The summed E-state index contributed by atoms with van der Waals surface area (Å²) >= 11 is 0. The third-order valence-electron chi connectivity index (χ3n) is 4.39. The van der Waals surface area contributed by atoms with Gasteiger partial charge in [-0.25, -0.2) is 0 Å². The van der Waals surface area contributed by atoms with Gasteiger partial charge in [-0.15, -0.1) is 12.4 Å². The Morgan fingerprint density at radius 2 is 1.69 bits per heavy atom. The molecular weight excluding hydrogens is 350 g/mol. The van der Waals surface area contributed by atoms with Gasteiger partial charge in [0.05, 0.1) is 5.92 Å². The van der Waals surface area contributed by atoms with Crippen LogP contribution in [0.15, 0.2) is 60.7 Å². The molecule has 1 aliphatic rings. The fourth-order valence-electron chi connectivity index (χ4n) is 2.98. The largest absolute Gasteiger partial charge is 0.344 e. The fraction of sp³-hybridized carbons (Fsp3) is 0.300. The number of hydrogen-bond acceptors (Lipinski definition) is 3. The number of para-hydroxylation sites is 1. The Morgan fingerprint density at radius 1 is 1.04 bits per heavy atom. The lowest BCUT2D eigenvalue weighted by atomic mass is 10.0. The number of carbonyl (C=O) groups is 2. The summed E-state index contributed by atoms with van der Waals surface area (Å²) in [6.45, 7) is 1.52. The van der Waals surface area contributed by atoms with Gasteiger partial charge in [0.2, 0.25) is 11.8 Å². The minimum absolute atomic E-state index is 0. The molecule has 1 saturated heterocycles. The molecule has 0 bridgehead atoms. The Labute approximate surface area is 160 Å². The third kappa shape index (κ3) is 5.58. The van der Waals surface area contributed by atoms with Crippen molar-refractivity contribution in [2.75, 3.05) is 18.4 Å². The molecule has 1 fully saturated rings. The molecule has 26 heavy (non-hydrogen) atoms. The number of halogens is 1. The minimum atomic E-state index is -0.601. The maximum absolute atomic E-state index is 12.7. The van der Waals surface area contributed by atoms with Crippen molar-refractivity contribution >= 4 is 29.9 Å². The molecule has 5 nitrogen and oxygen atoms in total. The molecule has 1 aliphatic heterocycles. The van der Waals surface area contributed by atoms with Gasteiger partial charge in [-0.1, -0.05) is 48.5 Å². The molecule has 2 aromatic rings. The summed E-state index contributed by atoms with van der Waals surface area (Å²) in [4.78, 5) is 25.2. The van der Waals surface area contributed by atoms with E-state index in [-0.39, 0.29) is 30.1 Å². The van der Waals surface area contributed by atoms with Gasteiger partial charge in [-0.05, 0) is 30.7 Å². The molecule has 0 aromatic heterocycles. The fourth-order valence-corrected chi connectivity index (χ4v) is 2.98. The zero-order valence-electron chi connectivity index (χ0n) is 14.5. The van der Waals surface area contributed by atoms with E-state index in [0.717, 1.165) is 24.2 Å². The van der Waals surface area contributed by atoms with Crippen LogP contribution in [-0.2, 0) is 16.0 Å². The molecule has 3 rings (SSSR count). The maximum Gasteiger partial charge on any atom is 0.247 e. The zero-order chi connectivity index (χ0) is 17.5. The van der Waals surface area contributed by atoms with Crippen LogP contribution in [0.2, 0.25) is 0 Å². The van der Waals surface area contributed by atoms with Gasteiger partial charge in [0.25, 0.3) is 0 Å². The second kappa shape index (κ2) is 9.94. The van der Waals surface area contributed by atoms with Crippen molar-refractivity contribution in [3.8, 4) is 0 Å². The van der Waals surface area contributed by atoms with Crippen molar-refractivity contribution < 1.29 is 9.59 Å². The van der Waals surface area contributed by atoms with E-state index in [9.17, 15) is 9.59 Å². The molecule has 0 aliphatic carbocycles. The summed E-state index contributed by atoms with van der Waals surface area (Å²) in [6, 6.07) is 18.4. The van der Waals surface area contributed by atoms with Gasteiger partial charge < -0.3 is 16.0 Å². The first-order valence-electron chi connectivity index (χ1n) is 8.63. The lowest BCUT2D eigenvalue weighted by Crippen LogP contribution is -2.47. The van der Waals surface area contributed by atoms with Crippen LogP contribution in [0, 0.1) is 5.92 Å². The molecule has 2 aromatic carbocycles. The van der Waals surface area contributed by atoms with Crippen LogP contribution >= 0.6 is 12.4 Å². The van der Waals surface area contributed by atoms with Crippen molar-refractivity contribution in [3.05, 3.63) is 66.2 Å². The molecule has 6 heteroatoms. The zero-order valence-corrected chi connectivity index (χ0v) is 15.3. The van der Waals surface area contributed by atoms with E-state index in [1.165, 1.54) is 0 Å². The summed E-state index contributed by atoms with van der Waals surface area (Å²) in [6.07, 6.45) is 1.27.